The molecule has 2 heterocycles. The molecule has 0 amide bonds. The van der Waals surface area contributed by atoms with Crippen molar-refractivity contribution < 1.29 is 28.9 Å². The third-order valence-electron chi connectivity index (χ3n) is 12.2. The number of benzene rings is 2. The van der Waals surface area contributed by atoms with Crippen molar-refractivity contribution in [2.75, 3.05) is 0 Å². The van der Waals surface area contributed by atoms with Crippen molar-refractivity contribution in [1.29, 1.82) is 0 Å². The maximum atomic E-state index is 13.6. The minimum Gasteiger partial charge on any atom is -0.455 e. The predicted octanol–water partition coefficient (Wildman–Crippen LogP) is 7.49. The molecule has 4 aromatic rings. The number of hydrogen-bond donors (Lipinski definition) is 2. The summed E-state index contributed by atoms with van der Waals surface area (Å²) in [6.45, 7) is 10.3. The van der Waals surface area contributed by atoms with Gasteiger partial charge < -0.3 is 19.4 Å². The molecular formula is C41H46N6O8. The average Bonchev–Trinajstić information content (AvgIpc) is 3.71. The maximum absolute atomic E-state index is 13.6. The smallest absolute Gasteiger partial charge is 0.386 e. The Morgan fingerprint density at radius 1 is 0.673 bits per heavy atom. The van der Waals surface area contributed by atoms with Gasteiger partial charge in [-0.15, -0.1) is 0 Å². The van der Waals surface area contributed by atoms with Crippen molar-refractivity contribution in [1.82, 2.24) is 19.9 Å². The van der Waals surface area contributed by atoms with E-state index in [9.17, 15) is 29.8 Å². The lowest BCUT2D eigenvalue weighted by molar-refractivity contribution is -0.569. The largest absolute Gasteiger partial charge is 0.455 e. The van der Waals surface area contributed by atoms with E-state index < -0.39 is 61.8 Å². The van der Waals surface area contributed by atoms with Crippen LogP contribution in [0.2, 0.25) is 0 Å². The van der Waals surface area contributed by atoms with Gasteiger partial charge in [0.15, 0.2) is 0 Å². The summed E-state index contributed by atoms with van der Waals surface area (Å²) in [6.07, 6.45) is 6.46. The molecule has 0 saturated heterocycles. The number of carbonyl (C=O) groups is 2. The van der Waals surface area contributed by atoms with Crippen molar-refractivity contribution in [3.05, 3.63) is 92.8 Å². The van der Waals surface area contributed by atoms with Crippen LogP contribution in [0.3, 0.4) is 0 Å². The molecular weight excluding hydrogens is 704 g/mol. The zero-order valence-electron chi connectivity index (χ0n) is 31.8. The molecule has 2 N–H and O–H groups in total. The topological polar surface area (TPSA) is 196 Å². The van der Waals surface area contributed by atoms with Crippen LogP contribution in [0.1, 0.15) is 97.1 Å². The molecule has 2 aromatic heterocycles. The number of fused-ring (bicyclic) bond motifs is 3. The molecule has 4 aliphatic carbocycles. The minimum absolute atomic E-state index is 0.0410. The number of aromatic amines is 2. The summed E-state index contributed by atoms with van der Waals surface area (Å²) in [5.74, 6) is -2.87. The van der Waals surface area contributed by atoms with Crippen LogP contribution in [0.15, 0.2) is 60.9 Å². The highest BCUT2D eigenvalue weighted by molar-refractivity contribution is 5.84. The van der Waals surface area contributed by atoms with Gasteiger partial charge in [-0.05, 0) is 108 Å². The van der Waals surface area contributed by atoms with Crippen molar-refractivity contribution in [3.8, 4) is 33.6 Å². The molecule has 0 radical (unpaired) electrons. The molecule has 14 heteroatoms. The van der Waals surface area contributed by atoms with E-state index in [0.29, 0.717) is 48.7 Å². The molecule has 8 atom stereocenters. The summed E-state index contributed by atoms with van der Waals surface area (Å²) < 4.78 is 11.3. The summed E-state index contributed by atoms with van der Waals surface area (Å²) in [5.41, 5.74) is -0.461. The summed E-state index contributed by atoms with van der Waals surface area (Å²) in [7, 11) is 0. The van der Waals surface area contributed by atoms with Crippen LogP contribution in [-0.4, -0.2) is 64.0 Å². The van der Waals surface area contributed by atoms with Crippen molar-refractivity contribution in [2.24, 2.45) is 23.7 Å². The van der Waals surface area contributed by atoms with E-state index in [4.69, 9.17) is 9.47 Å². The van der Waals surface area contributed by atoms with Crippen molar-refractivity contribution >= 4 is 11.9 Å². The molecule has 0 spiro atoms. The van der Waals surface area contributed by atoms with Crippen LogP contribution in [0.25, 0.3) is 33.6 Å². The number of ether oxygens (including phenoxy) is 2. The van der Waals surface area contributed by atoms with Gasteiger partial charge in [-0.1, -0.05) is 48.5 Å². The molecule has 4 fully saturated rings. The average molecular weight is 751 g/mol. The summed E-state index contributed by atoms with van der Waals surface area (Å²) >= 11 is 0. The highest BCUT2D eigenvalue weighted by atomic mass is 16.7. The number of nitrogens with one attached hydrogen (secondary N) is 2. The Morgan fingerprint density at radius 3 is 1.65 bits per heavy atom. The summed E-state index contributed by atoms with van der Waals surface area (Å²) in [5, 5.41) is 25.4. The molecule has 4 aliphatic rings. The fourth-order valence-electron chi connectivity index (χ4n) is 9.84. The van der Waals surface area contributed by atoms with E-state index in [-0.39, 0.29) is 17.8 Å². The van der Waals surface area contributed by atoms with E-state index in [1.165, 1.54) is 0 Å². The third-order valence-corrected chi connectivity index (χ3v) is 12.2. The second-order valence-electron chi connectivity index (χ2n) is 17.8. The minimum atomic E-state index is -1.88. The van der Waals surface area contributed by atoms with Gasteiger partial charge in [-0.3, -0.25) is 20.2 Å². The fourth-order valence-corrected chi connectivity index (χ4v) is 9.84. The van der Waals surface area contributed by atoms with Gasteiger partial charge in [0.2, 0.25) is 0 Å². The second kappa shape index (κ2) is 12.6. The molecule has 8 unspecified atom stereocenters. The SMILES string of the molecule is CC(C)(C)OC(=O)C1([N+](=O)[O-])C(c2ncc(-c3ccc(-c4ccc(-c5cnc(C6C7CCC(C7)C6(C(=O)OC(C)(C)C)[N+](=O)[O-])[nH]5)cc4)cc3)[nH]2)CC2CC21. The highest BCUT2D eigenvalue weighted by Crippen LogP contribution is 2.65. The van der Waals surface area contributed by atoms with Crippen LogP contribution < -0.4 is 0 Å². The van der Waals surface area contributed by atoms with E-state index in [2.05, 4.69) is 19.9 Å². The zero-order chi connectivity index (χ0) is 39.2. The van der Waals surface area contributed by atoms with Gasteiger partial charge in [-0.2, -0.15) is 0 Å². The van der Waals surface area contributed by atoms with Crippen molar-refractivity contribution in [2.45, 2.75) is 108 Å². The Hall–Kier alpha value is -5.40. The number of aromatic nitrogens is 4. The Morgan fingerprint density at radius 2 is 1.15 bits per heavy atom. The number of hydrogen-bond acceptors (Lipinski definition) is 10. The first kappa shape index (κ1) is 36.6. The molecule has 8 rings (SSSR count). The van der Waals surface area contributed by atoms with Gasteiger partial charge in [0.25, 0.3) is 0 Å². The first-order chi connectivity index (χ1) is 25.9. The van der Waals surface area contributed by atoms with Gasteiger partial charge in [0.05, 0.1) is 29.7 Å². The molecule has 55 heavy (non-hydrogen) atoms. The first-order valence-electron chi connectivity index (χ1n) is 19.0. The van der Waals surface area contributed by atoms with Crippen LogP contribution in [0, 0.1) is 43.9 Å². The highest BCUT2D eigenvalue weighted by Gasteiger charge is 2.78. The summed E-state index contributed by atoms with van der Waals surface area (Å²) in [4.78, 5) is 67.3. The van der Waals surface area contributed by atoms with Gasteiger partial charge in [0, 0.05) is 21.7 Å². The Kier molecular flexibility index (Phi) is 8.36. The van der Waals surface area contributed by atoms with Crippen LogP contribution in [0.5, 0.6) is 0 Å². The number of H-pyrrole nitrogens is 2. The third kappa shape index (κ3) is 5.91. The second-order valence-corrected chi connectivity index (χ2v) is 17.8. The standard InChI is InChI=1S/C41H46N6O8/c1-38(2,3)54-36(48)40(46(50)51)28-16-15-26(17-28)33(40)35-43-21-32(45-35)25-13-9-23(10-14-25)22-7-11-24(12-8-22)31-20-42-34(44-31)30-19-27-18-29(27)41(30,47(52)53)37(49)55-39(4,5)6/h7-14,20-21,26-30,33H,15-19H2,1-6H3,(H,42,44)(H,43,45). The maximum Gasteiger partial charge on any atom is 0.386 e. The number of esters is 2. The van der Waals surface area contributed by atoms with Gasteiger partial charge in [-0.25, -0.2) is 19.6 Å². The van der Waals surface area contributed by atoms with E-state index >= 15 is 0 Å². The lowest BCUT2D eigenvalue weighted by Crippen LogP contribution is -2.57. The predicted molar refractivity (Wildman–Crippen MR) is 201 cm³/mol. The molecule has 2 bridgehead atoms. The number of imidazole rings is 2. The number of nitrogens with zero attached hydrogens (tertiary/aromatic N) is 4. The Labute approximate surface area is 318 Å². The number of carbonyl (C=O) groups excluding carboxylic acids is 2. The first-order valence-corrected chi connectivity index (χ1v) is 19.0. The van der Waals surface area contributed by atoms with Gasteiger partial charge in [0.1, 0.15) is 28.8 Å². The lowest BCUT2D eigenvalue weighted by atomic mass is 9.72. The van der Waals surface area contributed by atoms with Crippen LogP contribution in [0.4, 0.5) is 0 Å². The quantitative estimate of drug-likeness (QED) is 0.0983. The van der Waals surface area contributed by atoms with E-state index in [1.54, 1.807) is 53.9 Å². The zero-order valence-corrected chi connectivity index (χ0v) is 31.8. The molecule has 288 valence electrons. The van der Waals surface area contributed by atoms with Gasteiger partial charge >= 0.3 is 23.0 Å². The normalized spacial score (nSPS) is 29.5. The lowest BCUT2D eigenvalue weighted by Gasteiger charge is -2.35. The number of rotatable bonds is 9. The van der Waals surface area contributed by atoms with E-state index in [0.717, 1.165) is 28.7 Å². The summed E-state index contributed by atoms with van der Waals surface area (Å²) in [6, 6.07) is 15.7. The fraction of sp³-hybridized carbons (Fsp3) is 0.512. The molecule has 2 aromatic carbocycles. The Balaban J connectivity index is 0.994. The van der Waals surface area contributed by atoms with E-state index in [1.807, 2.05) is 48.5 Å². The van der Waals surface area contributed by atoms with Crippen LogP contribution >= 0.6 is 0 Å². The van der Waals surface area contributed by atoms with Crippen LogP contribution in [-0.2, 0) is 19.1 Å². The molecule has 14 nitrogen and oxygen atoms in total. The molecule has 0 aliphatic heterocycles. The number of nitro groups is 2. The molecule has 4 saturated carbocycles. The Bertz CT molecular complexity index is 2180. The van der Waals surface area contributed by atoms with Crippen molar-refractivity contribution in [3.63, 3.8) is 0 Å². The monoisotopic (exact) mass is 750 g/mol.